The van der Waals surface area contributed by atoms with Crippen LogP contribution in [0.3, 0.4) is 0 Å². The van der Waals surface area contributed by atoms with Crippen LogP contribution in [-0.2, 0) is 4.79 Å². The van der Waals surface area contributed by atoms with Gasteiger partial charge in [-0.15, -0.1) is 0 Å². The van der Waals surface area contributed by atoms with Gasteiger partial charge < -0.3 is 10.1 Å². The van der Waals surface area contributed by atoms with Crippen molar-refractivity contribution in [1.82, 2.24) is 4.90 Å². The monoisotopic (exact) mass is 338 g/mol. The molecule has 1 aliphatic rings. The topological polar surface area (TPSA) is 75.7 Å². The molecule has 0 saturated heterocycles. The molecule has 0 unspecified atom stereocenters. The van der Waals surface area contributed by atoms with Crippen LogP contribution in [0, 0.1) is 13.8 Å². The summed E-state index contributed by atoms with van der Waals surface area (Å²) < 4.78 is 5.31. The van der Waals surface area contributed by atoms with Crippen LogP contribution in [0.25, 0.3) is 0 Å². The molecule has 0 aliphatic carbocycles. The number of amides is 3. The first kappa shape index (κ1) is 16.7. The number of nitrogens with one attached hydrogen (secondary N) is 1. The molecule has 128 valence electrons. The summed E-state index contributed by atoms with van der Waals surface area (Å²) in [6.45, 7) is 3.44. The van der Waals surface area contributed by atoms with Crippen LogP contribution in [0.4, 0.5) is 5.69 Å². The third kappa shape index (κ3) is 2.98. The predicted octanol–water partition coefficient (Wildman–Crippen LogP) is 2.55. The lowest BCUT2D eigenvalue weighted by molar-refractivity contribution is -0.116. The van der Waals surface area contributed by atoms with Gasteiger partial charge >= 0.3 is 0 Å². The molecule has 0 fully saturated rings. The highest BCUT2D eigenvalue weighted by molar-refractivity contribution is 6.22. The predicted molar refractivity (Wildman–Crippen MR) is 92.9 cm³/mol. The highest BCUT2D eigenvalue weighted by Gasteiger charge is 2.36. The highest BCUT2D eigenvalue weighted by Crippen LogP contribution is 2.30. The molecule has 1 aliphatic heterocycles. The van der Waals surface area contributed by atoms with Gasteiger partial charge in [0.2, 0.25) is 5.91 Å². The SMILES string of the molecule is COc1cc(C)cc(C)c1NC(=O)CN1C(=O)c2ccccc2C1=O. The molecule has 0 atom stereocenters. The fourth-order valence-corrected chi connectivity index (χ4v) is 2.96. The number of benzene rings is 2. The van der Waals surface area contributed by atoms with Crippen LogP contribution in [0.1, 0.15) is 31.8 Å². The number of hydrogen-bond donors (Lipinski definition) is 1. The number of methoxy groups -OCH3 is 1. The molecule has 0 saturated carbocycles. The van der Waals surface area contributed by atoms with Crippen LogP contribution in [0.2, 0.25) is 0 Å². The zero-order valence-electron chi connectivity index (χ0n) is 14.3. The Labute approximate surface area is 145 Å². The first-order valence-corrected chi connectivity index (χ1v) is 7.82. The molecule has 6 heteroatoms. The van der Waals surface area contributed by atoms with Crippen LogP contribution < -0.4 is 10.1 Å². The van der Waals surface area contributed by atoms with Crippen LogP contribution in [0.5, 0.6) is 5.75 Å². The number of carbonyl (C=O) groups excluding carboxylic acids is 3. The average molecular weight is 338 g/mol. The molecule has 2 aromatic rings. The number of hydrogen-bond acceptors (Lipinski definition) is 4. The number of nitrogens with zero attached hydrogens (tertiary/aromatic N) is 1. The van der Waals surface area contributed by atoms with E-state index in [-0.39, 0.29) is 6.54 Å². The Morgan fingerprint density at radius 1 is 1.08 bits per heavy atom. The van der Waals surface area contributed by atoms with Crippen molar-refractivity contribution in [2.45, 2.75) is 13.8 Å². The summed E-state index contributed by atoms with van der Waals surface area (Å²) in [6, 6.07) is 10.3. The van der Waals surface area contributed by atoms with E-state index in [0.717, 1.165) is 16.0 Å². The summed E-state index contributed by atoms with van der Waals surface area (Å²) in [5, 5.41) is 2.74. The molecule has 0 spiro atoms. The van der Waals surface area contributed by atoms with E-state index in [0.29, 0.717) is 22.6 Å². The van der Waals surface area contributed by atoms with Crippen molar-refractivity contribution in [2.24, 2.45) is 0 Å². The number of carbonyl (C=O) groups is 3. The quantitative estimate of drug-likeness (QED) is 0.869. The second-order valence-electron chi connectivity index (χ2n) is 5.95. The zero-order valence-corrected chi connectivity index (χ0v) is 14.3. The van der Waals surface area contributed by atoms with Crippen molar-refractivity contribution < 1.29 is 19.1 Å². The van der Waals surface area contributed by atoms with Gasteiger partial charge in [0.1, 0.15) is 12.3 Å². The van der Waals surface area contributed by atoms with Gasteiger partial charge in [0.15, 0.2) is 0 Å². The number of ether oxygens (including phenoxy) is 1. The Bertz CT molecular complexity index is 854. The van der Waals surface area contributed by atoms with Gasteiger partial charge in [0, 0.05) is 0 Å². The van der Waals surface area contributed by atoms with Crippen LogP contribution in [-0.4, -0.2) is 36.3 Å². The standard InChI is InChI=1S/C19H18N2O4/c1-11-8-12(2)17(15(9-11)25-3)20-16(22)10-21-18(23)13-6-4-5-7-14(13)19(21)24/h4-9H,10H2,1-3H3,(H,20,22). The Hall–Kier alpha value is -3.15. The van der Waals surface area contributed by atoms with E-state index in [9.17, 15) is 14.4 Å². The van der Waals surface area contributed by atoms with E-state index in [4.69, 9.17) is 4.74 Å². The van der Waals surface area contributed by atoms with E-state index >= 15 is 0 Å². The van der Waals surface area contributed by atoms with Gasteiger partial charge in [0.25, 0.3) is 11.8 Å². The maximum absolute atomic E-state index is 12.4. The first-order valence-electron chi connectivity index (χ1n) is 7.82. The lowest BCUT2D eigenvalue weighted by Crippen LogP contribution is -2.37. The molecule has 25 heavy (non-hydrogen) atoms. The number of fused-ring (bicyclic) bond motifs is 1. The van der Waals surface area contributed by atoms with E-state index in [2.05, 4.69) is 5.32 Å². The highest BCUT2D eigenvalue weighted by atomic mass is 16.5. The van der Waals surface area contributed by atoms with Gasteiger partial charge in [-0.2, -0.15) is 0 Å². The molecular formula is C19H18N2O4. The zero-order chi connectivity index (χ0) is 18.1. The van der Waals surface area contributed by atoms with E-state index < -0.39 is 17.7 Å². The van der Waals surface area contributed by atoms with Crippen molar-refractivity contribution >= 4 is 23.4 Å². The molecule has 1 heterocycles. The Balaban J connectivity index is 1.79. The number of rotatable bonds is 4. The van der Waals surface area contributed by atoms with E-state index in [1.54, 1.807) is 24.3 Å². The maximum Gasteiger partial charge on any atom is 0.262 e. The number of aryl methyl sites for hydroxylation is 2. The lowest BCUT2D eigenvalue weighted by atomic mass is 10.1. The van der Waals surface area contributed by atoms with Crippen molar-refractivity contribution in [3.8, 4) is 5.75 Å². The van der Waals surface area contributed by atoms with Crippen molar-refractivity contribution in [3.63, 3.8) is 0 Å². The van der Waals surface area contributed by atoms with E-state index in [1.807, 2.05) is 26.0 Å². The molecule has 0 radical (unpaired) electrons. The van der Waals surface area contributed by atoms with E-state index in [1.165, 1.54) is 7.11 Å². The first-order chi connectivity index (χ1) is 11.9. The van der Waals surface area contributed by atoms with Gasteiger partial charge in [-0.1, -0.05) is 18.2 Å². The average Bonchev–Trinajstić information content (AvgIpc) is 2.82. The summed E-state index contributed by atoms with van der Waals surface area (Å²) in [6.07, 6.45) is 0. The second kappa shape index (κ2) is 6.39. The fraction of sp³-hybridized carbons (Fsp3) is 0.211. The smallest absolute Gasteiger partial charge is 0.262 e. The fourth-order valence-electron chi connectivity index (χ4n) is 2.96. The third-order valence-corrected chi connectivity index (χ3v) is 4.11. The molecule has 6 nitrogen and oxygen atoms in total. The molecular weight excluding hydrogens is 320 g/mol. The lowest BCUT2D eigenvalue weighted by Gasteiger charge is -2.17. The minimum atomic E-state index is -0.459. The Kier molecular flexibility index (Phi) is 4.27. The summed E-state index contributed by atoms with van der Waals surface area (Å²) in [7, 11) is 1.52. The van der Waals surface area contributed by atoms with Crippen LogP contribution in [0.15, 0.2) is 36.4 Å². The van der Waals surface area contributed by atoms with Crippen molar-refractivity contribution in [1.29, 1.82) is 0 Å². The van der Waals surface area contributed by atoms with Gasteiger partial charge in [-0.3, -0.25) is 19.3 Å². The largest absolute Gasteiger partial charge is 0.495 e. The minimum absolute atomic E-state index is 0.324. The minimum Gasteiger partial charge on any atom is -0.495 e. The summed E-state index contributed by atoms with van der Waals surface area (Å²) >= 11 is 0. The van der Waals surface area contributed by atoms with Gasteiger partial charge in [0.05, 0.1) is 23.9 Å². The van der Waals surface area contributed by atoms with Gasteiger partial charge in [-0.05, 0) is 43.2 Å². The summed E-state index contributed by atoms with van der Waals surface area (Å²) in [4.78, 5) is 38.0. The normalized spacial score (nSPS) is 13.0. The molecule has 0 aromatic heterocycles. The molecule has 1 N–H and O–H groups in total. The third-order valence-electron chi connectivity index (χ3n) is 4.11. The Morgan fingerprint density at radius 3 is 2.24 bits per heavy atom. The van der Waals surface area contributed by atoms with Crippen LogP contribution >= 0.6 is 0 Å². The Morgan fingerprint density at radius 2 is 1.68 bits per heavy atom. The molecule has 0 bridgehead atoms. The second-order valence-corrected chi connectivity index (χ2v) is 5.95. The molecule has 3 rings (SSSR count). The summed E-state index contributed by atoms with van der Waals surface area (Å²) in [5.74, 6) is -0.834. The maximum atomic E-state index is 12.4. The summed E-state index contributed by atoms with van der Waals surface area (Å²) in [5.41, 5.74) is 3.03. The van der Waals surface area contributed by atoms with Gasteiger partial charge in [-0.25, -0.2) is 0 Å². The van der Waals surface area contributed by atoms with Crippen molar-refractivity contribution in [3.05, 3.63) is 58.7 Å². The molecule has 3 amide bonds. The number of anilines is 1. The van der Waals surface area contributed by atoms with Crippen molar-refractivity contribution in [2.75, 3.05) is 19.0 Å². The molecule has 2 aromatic carbocycles. The number of imide groups is 1.